The predicted octanol–water partition coefficient (Wildman–Crippen LogP) is 0.205. The van der Waals surface area contributed by atoms with Crippen LogP contribution in [0.15, 0.2) is 0 Å². The van der Waals surface area contributed by atoms with Gasteiger partial charge in [-0.1, -0.05) is 6.92 Å². The van der Waals surface area contributed by atoms with Crippen LogP contribution in [0.1, 0.15) is 19.8 Å². The molecule has 0 saturated carbocycles. The van der Waals surface area contributed by atoms with Gasteiger partial charge in [-0.2, -0.15) is 0 Å². The molecule has 0 spiro atoms. The first-order chi connectivity index (χ1) is 6.91. The minimum Gasteiger partial charge on any atom is -0.315 e. The molecule has 14 heavy (non-hydrogen) atoms. The monoisotopic (exact) mass is 200 g/mol. The maximum atomic E-state index is 6.80. The summed E-state index contributed by atoms with van der Waals surface area (Å²) in [4.78, 5) is 0. The van der Waals surface area contributed by atoms with Crippen molar-refractivity contribution in [3.8, 4) is 0 Å². The van der Waals surface area contributed by atoms with E-state index in [1.54, 1.807) is 0 Å². The molecular weight excluding hydrogens is 176 g/mol. The zero-order chi connectivity index (χ0) is 10.5. The van der Waals surface area contributed by atoms with E-state index in [-0.39, 0.29) is 0 Å². The van der Waals surface area contributed by atoms with Crippen LogP contribution in [0.25, 0.3) is 0 Å². The zero-order valence-electron chi connectivity index (χ0n) is 9.23. The van der Waals surface area contributed by atoms with Gasteiger partial charge in [0.25, 0.3) is 0 Å². The summed E-state index contributed by atoms with van der Waals surface area (Å²) in [6.45, 7) is 8.13. The first kappa shape index (κ1) is 13.5. The fourth-order valence-electron chi connectivity index (χ4n) is 1.12. The van der Waals surface area contributed by atoms with E-state index in [1.165, 1.54) is 12.6 Å². The molecule has 0 aliphatic heterocycles. The van der Waals surface area contributed by atoms with Crippen molar-refractivity contribution in [2.45, 2.75) is 19.8 Å². The molecule has 0 rings (SSSR count). The summed E-state index contributed by atoms with van der Waals surface area (Å²) >= 11 is 0. The molecule has 0 saturated heterocycles. The summed E-state index contributed by atoms with van der Waals surface area (Å²) < 4.78 is 0. The Balaban J connectivity index is 2.81. The second-order valence-electron chi connectivity index (χ2n) is 3.26. The van der Waals surface area contributed by atoms with Crippen molar-refractivity contribution in [1.82, 2.24) is 16.0 Å². The van der Waals surface area contributed by atoms with Gasteiger partial charge in [-0.15, -0.1) is 0 Å². The third-order valence-corrected chi connectivity index (χ3v) is 1.86. The zero-order valence-corrected chi connectivity index (χ0v) is 9.23. The lowest BCUT2D eigenvalue weighted by Gasteiger charge is -2.05. The van der Waals surface area contributed by atoms with Crippen LogP contribution in [-0.4, -0.2) is 45.5 Å². The summed E-state index contributed by atoms with van der Waals surface area (Å²) in [7, 11) is 0. The Morgan fingerprint density at radius 3 is 2.21 bits per heavy atom. The Kier molecular flexibility index (Phi) is 12.1. The van der Waals surface area contributed by atoms with Crippen LogP contribution < -0.4 is 16.0 Å². The molecule has 4 heteroatoms. The predicted molar refractivity (Wildman–Crippen MR) is 62.3 cm³/mol. The molecule has 0 heterocycles. The Morgan fingerprint density at radius 1 is 0.929 bits per heavy atom. The van der Waals surface area contributed by atoms with E-state index in [0.717, 1.165) is 39.1 Å². The normalized spacial score (nSPS) is 10.4. The Morgan fingerprint density at radius 2 is 1.57 bits per heavy atom. The van der Waals surface area contributed by atoms with Crippen LogP contribution in [0.4, 0.5) is 0 Å². The van der Waals surface area contributed by atoms with E-state index in [0.29, 0.717) is 6.54 Å². The fraction of sp³-hybridized carbons (Fsp3) is 0.900. The highest BCUT2D eigenvalue weighted by Gasteiger charge is 1.88. The van der Waals surface area contributed by atoms with Gasteiger partial charge in [-0.3, -0.25) is 0 Å². The van der Waals surface area contributed by atoms with Crippen molar-refractivity contribution in [3.63, 3.8) is 0 Å². The van der Waals surface area contributed by atoms with Crippen molar-refractivity contribution in [2.24, 2.45) is 0 Å². The fourth-order valence-corrected chi connectivity index (χ4v) is 1.12. The third kappa shape index (κ3) is 11.6. The summed E-state index contributed by atoms with van der Waals surface area (Å²) in [5.74, 6) is 0. The van der Waals surface area contributed by atoms with Gasteiger partial charge >= 0.3 is 0 Å². The highest BCUT2D eigenvalue weighted by atomic mass is 14.9. The lowest BCUT2D eigenvalue weighted by Crippen LogP contribution is -2.29. The van der Waals surface area contributed by atoms with Crippen LogP contribution in [0, 0.1) is 5.41 Å². The maximum absolute atomic E-state index is 6.80. The Bertz CT molecular complexity index is 117. The molecule has 84 valence electrons. The van der Waals surface area contributed by atoms with Crippen molar-refractivity contribution < 1.29 is 0 Å². The minimum atomic E-state index is 0.693. The van der Waals surface area contributed by atoms with Gasteiger partial charge in [0.2, 0.25) is 0 Å². The highest BCUT2D eigenvalue weighted by Crippen LogP contribution is 1.72. The minimum absolute atomic E-state index is 0.693. The molecule has 0 aromatic heterocycles. The Labute approximate surface area is 87.4 Å². The summed E-state index contributed by atoms with van der Waals surface area (Å²) in [5, 5.41) is 16.6. The quantitative estimate of drug-likeness (QED) is 0.285. The first-order valence-corrected chi connectivity index (χ1v) is 5.53. The molecule has 0 fully saturated rings. The van der Waals surface area contributed by atoms with E-state index in [2.05, 4.69) is 22.9 Å². The van der Waals surface area contributed by atoms with Crippen LogP contribution in [0.5, 0.6) is 0 Å². The van der Waals surface area contributed by atoms with Gasteiger partial charge in [0, 0.05) is 25.8 Å². The standard InChI is InChI=1S/C10H24N4/c1-2-5-12-9-10-14-7-3-6-13-8-4-11/h4,11-14H,2-3,5-10H2,1H3. The smallest absolute Gasteiger partial charge is 0.0302 e. The highest BCUT2D eigenvalue weighted by molar-refractivity contribution is 5.55. The van der Waals surface area contributed by atoms with Crippen LogP contribution in [0.2, 0.25) is 0 Å². The van der Waals surface area contributed by atoms with Crippen molar-refractivity contribution in [2.75, 3.05) is 39.3 Å². The summed E-state index contributed by atoms with van der Waals surface area (Å²) in [6, 6.07) is 0. The largest absolute Gasteiger partial charge is 0.315 e. The van der Waals surface area contributed by atoms with Gasteiger partial charge < -0.3 is 21.4 Å². The molecule has 0 bridgehead atoms. The molecule has 4 nitrogen and oxygen atoms in total. The molecule has 0 aliphatic carbocycles. The van der Waals surface area contributed by atoms with Gasteiger partial charge in [0.1, 0.15) is 0 Å². The molecule has 0 unspecified atom stereocenters. The van der Waals surface area contributed by atoms with Crippen molar-refractivity contribution in [3.05, 3.63) is 0 Å². The number of hydrogen-bond donors (Lipinski definition) is 4. The summed E-state index contributed by atoms with van der Waals surface area (Å²) in [5.41, 5.74) is 0. The van der Waals surface area contributed by atoms with E-state index in [9.17, 15) is 0 Å². The molecule has 0 atom stereocenters. The molecular formula is C10H24N4. The van der Waals surface area contributed by atoms with Crippen LogP contribution >= 0.6 is 0 Å². The molecule has 0 amide bonds. The molecule has 0 radical (unpaired) electrons. The number of nitrogens with one attached hydrogen (secondary N) is 4. The van der Waals surface area contributed by atoms with Gasteiger partial charge in [-0.25, -0.2) is 0 Å². The van der Waals surface area contributed by atoms with Gasteiger partial charge in [0.05, 0.1) is 0 Å². The van der Waals surface area contributed by atoms with Gasteiger partial charge in [-0.05, 0) is 32.5 Å². The topological polar surface area (TPSA) is 59.9 Å². The number of hydrogen-bond acceptors (Lipinski definition) is 4. The third-order valence-electron chi connectivity index (χ3n) is 1.86. The van der Waals surface area contributed by atoms with Crippen molar-refractivity contribution >= 4 is 6.21 Å². The first-order valence-electron chi connectivity index (χ1n) is 5.53. The SMILES string of the molecule is CCCNCCNCCCNCC=N. The van der Waals surface area contributed by atoms with E-state index < -0.39 is 0 Å². The van der Waals surface area contributed by atoms with Crippen molar-refractivity contribution in [1.29, 1.82) is 5.41 Å². The lowest BCUT2D eigenvalue weighted by atomic mass is 10.4. The lowest BCUT2D eigenvalue weighted by molar-refractivity contribution is 0.582. The number of rotatable bonds is 11. The second-order valence-corrected chi connectivity index (χ2v) is 3.26. The average Bonchev–Trinajstić information content (AvgIpc) is 2.21. The van der Waals surface area contributed by atoms with E-state index in [4.69, 9.17) is 5.41 Å². The summed E-state index contributed by atoms with van der Waals surface area (Å²) in [6.07, 6.45) is 3.72. The Hall–Kier alpha value is -0.450. The van der Waals surface area contributed by atoms with E-state index >= 15 is 0 Å². The average molecular weight is 200 g/mol. The van der Waals surface area contributed by atoms with E-state index in [1.807, 2.05) is 0 Å². The molecule has 0 aromatic rings. The second kappa shape index (κ2) is 12.6. The van der Waals surface area contributed by atoms with Crippen LogP contribution in [-0.2, 0) is 0 Å². The molecule has 0 aromatic carbocycles. The molecule has 4 N–H and O–H groups in total. The van der Waals surface area contributed by atoms with Gasteiger partial charge in [0.15, 0.2) is 0 Å². The maximum Gasteiger partial charge on any atom is 0.0302 e. The molecule has 0 aliphatic rings. The van der Waals surface area contributed by atoms with Crippen LogP contribution in [0.3, 0.4) is 0 Å².